The van der Waals surface area contributed by atoms with Crippen molar-refractivity contribution in [3.8, 4) is 11.5 Å². The van der Waals surface area contributed by atoms with Gasteiger partial charge in [0.05, 0.1) is 14.2 Å². The van der Waals surface area contributed by atoms with Crippen molar-refractivity contribution in [2.45, 2.75) is 45.7 Å². The zero-order chi connectivity index (χ0) is 23.7. The average molecular weight is 481 g/mol. The molecule has 0 aliphatic carbocycles. The van der Waals surface area contributed by atoms with E-state index in [1.54, 1.807) is 37.3 Å². The van der Waals surface area contributed by atoms with Crippen LogP contribution < -0.4 is 14.8 Å². The fraction of sp³-hybridized carbons (Fsp3) is 0.417. The summed E-state index contributed by atoms with van der Waals surface area (Å²) in [6, 6.07) is 10.1. The highest BCUT2D eigenvalue weighted by Crippen LogP contribution is 2.28. The van der Waals surface area contributed by atoms with E-state index in [-0.39, 0.29) is 24.8 Å². The Morgan fingerprint density at radius 3 is 2.34 bits per heavy atom. The Labute approximate surface area is 199 Å². The first kappa shape index (κ1) is 25.8. The van der Waals surface area contributed by atoms with Gasteiger partial charge in [-0.1, -0.05) is 42.3 Å². The average Bonchev–Trinajstić information content (AvgIpc) is 2.78. The molecule has 1 unspecified atom stereocenters. The van der Waals surface area contributed by atoms with E-state index in [2.05, 4.69) is 5.32 Å². The number of nitrogens with zero attached hydrogens (tertiary/aromatic N) is 1. The number of rotatable bonds is 11. The van der Waals surface area contributed by atoms with E-state index in [9.17, 15) is 9.59 Å². The summed E-state index contributed by atoms with van der Waals surface area (Å²) in [7, 11) is 3.15. The third kappa shape index (κ3) is 6.78. The van der Waals surface area contributed by atoms with Gasteiger partial charge in [-0.25, -0.2) is 0 Å². The molecule has 1 N–H and O–H groups in total. The van der Waals surface area contributed by atoms with Gasteiger partial charge in [0.15, 0.2) is 11.5 Å². The third-order valence-electron chi connectivity index (χ3n) is 5.17. The zero-order valence-electron chi connectivity index (χ0n) is 18.9. The Balaban J connectivity index is 2.25. The van der Waals surface area contributed by atoms with E-state index in [0.29, 0.717) is 40.9 Å². The van der Waals surface area contributed by atoms with Gasteiger partial charge >= 0.3 is 0 Å². The topological polar surface area (TPSA) is 67.9 Å². The van der Waals surface area contributed by atoms with Gasteiger partial charge in [-0.2, -0.15) is 0 Å². The molecule has 2 aromatic carbocycles. The summed E-state index contributed by atoms with van der Waals surface area (Å²) in [6.45, 7) is 4.45. The number of carbonyl (C=O) groups is 2. The number of ether oxygens (including phenoxy) is 2. The Hall–Kier alpha value is -2.44. The van der Waals surface area contributed by atoms with E-state index in [1.165, 1.54) is 0 Å². The lowest BCUT2D eigenvalue weighted by Crippen LogP contribution is -2.49. The van der Waals surface area contributed by atoms with Gasteiger partial charge in [-0.3, -0.25) is 9.59 Å². The number of nitrogens with one attached hydrogen (secondary N) is 1. The molecule has 6 nitrogen and oxygen atoms in total. The molecule has 0 heterocycles. The molecular formula is C24H30Cl2N2O4. The first-order valence-electron chi connectivity index (χ1n) is 10.6. The van der Waals surface area contributed by atoms with Crippen molar-refractivity contribution in [3.05, 3.63) is 57.6 Å². The van der Waals surface area contributed by atoms with Gasteiger partial charge in [-0.15, -0.1) is 0 Å². The maximum Gasteiger partial charge on any atom is 0.242 e. The highest BCUT2D eigenvalue weighted by Gasteiger charge is 2.28. The summed E-state index contributed by atoms with van der Waals surface area (Å²) in [6.07, 6.45) is 1.21. The van der Waals surface area contributed by atoms with Gasteiger partial charge in [0.2, 0.25) is 11.8 Å². The van der Waals surface area contributed by atoms with E-state index in [1.807, 2.05) is 32.0 Å². The largest absolute Gasteiger partial charge is 0.493 e. The lowest BCUT2D eigenvalue weighted by molar-refractivity contribution is -0.141. The SMILES string of the molecule is CCNC(=O)C(CC)N(Cc1ccc(Cl)cc1Cl)C(=O)CCc1ccc(OC)c(OC)c1. The second-order valence-electron chi connectivity index (χ2n) is 7.27. The summed E-state index contributed by atoms with van der Waals surface area (Å²) in [5, 5.41) is 3.80. The van der Waals surface area contributed by atoms with Crippen molar-refractivity contribution >= 4 is 35.0 Å². The second-order valence-corrected chi connectivity index (χ2v) is 8.11. The lowest BCUT2D eigenvalue weighted by atomic mass is 10.1. The van der Waals surface area contributed by atoms with Gasteiger partial charge < -0.3 is 19.7 Å². The molecule has 0 saturated carbocycles. The first-order chi connectivity index (χ1) is 15.3. The number of halogens is 2. The van der Waals surface area contributed by atoms with Crippen LogP contribution in [0.4, 0.5) is 0 Å². The molecule has 0 saturated heterocycles. The maximum absolute atomic E-state index is 13.3. The maximum atomic E-state index is 13.3. The van der Waals surface area contributed by atoms with Gasteiger partial charge in [-0.05, 0) is 55.2 Å². The van der Waals surface area contributed by atoms with Crippen LogP contribution in [0.25, 0.3) is 0 Å². The monoisotopic (exact) mass is 480 g/mol. The van der Waals surface area contributed by atoms with Crippen molar-refractivity contribution in [3.63, 3.8) is 0 Å². The fourth-order valence-electron chi connectivity index (χ4n) is 3.48. The highest BCUT2D eigenvalue weighted by atomic mass is 35.5. The Morgan fingerprint density at radius 1 is 1.03 bits per heavy atom. The fourth-order valence-corrected chi connectivity index (χ4v) is 3.94. The molecule has 2 aromatic rings. The van der Waals surface area contributed by atoms with E-state index >= 15 is 0 Å². The van der Waals surface area contributed by atoms with Gasteiger partial charge in [0.25, 0.3) is 0 Å². The van der Waals surface area contributed by atoms with Gasteiger partial charge in [0, 0.05) is 29.6 Å². The van der Waals surface area contributed by atoms with Crippen molar-refractivity contribution in [1.82, 2.24) is 10.2 Å². The molecule has 2 rings (SSSR count). The third-order valence-corrected chi connectivity index (χ3v) is 5.76. The molecule has 0 fully saturated rings. The van der Waals surface area contributed by atoms with Crippen molar-refractivity contribution in [2.24, 2.45) is 0 Å². The van der Waals surface area contributed by atoms with Crippen LogP contribution in [0.5, 0.6) is 11.5 Å². The molecule has 0 spiro atoms. The van der Waals surface area contributed by atoms with Crippen molar-refractivity contribution in [1.29, 1.82) is 0 Å². The molecule has 32 heavy (non-hydrogen) atoms. The molecule has 0 bridgehead atoms. The zero-order valence-corrected chi connectivity index (χ0v) is 20.4. The summed E-state index contributed by atoms with van der Waals surface area (Å²) < 4.78 is 10.6. The van der Waals surface area contributed by atoms with Crippen LogP contribution in [0, 0.1) is 0 Å². The minimum absolute atomic E-state index is 0.135. The smallest absolute Gasteiger partial charge is 0.242 e. The van der Waals surface area contributed by atoms with Crippen molar-refractivity contribution in [2.75, 3.05) is 20.8 Å². The van der Waals surface area contributed by atoms with Crippen LogP contribution in [0.3, 0.4) is 0 Å². The Morgan fingerprint density at radius 2 is 1.75 bits per heavy atom. The molecule has 8 heteroatoms. The number of hydrogen-bond donors (Lipinski definition) is 1. The number of aryl methyl sites for hydroxylation is 1. The first-order valence-corrected chi connectivity index (χ1v) is 11.3. The Bertz CT molecular complexity index is 936. The minimum Gasteiger partial charge on any atom is -0.493 e. The molecule has 1 atom stereocenters. The van der Waals surface area contributed by atoms with E-state index in [0.717, 1.165) is 11.1 Å². The number of amides is 2. The Kier molecular flexibility index (Phi) is 10.1. The van der Waals surface area contributed by atoms with E-state index in [4.69, 9.17) is 32.7 Å². The highest BCUT2D eigenvalue weighted by molar-refractivity contribution is 6.35. The number of methoxy groups -OCH3 is 2. The predicted molar refractivity (Wildman–Crippen MR) is 128 cm³/mol. The standard InChI is InChI=1S/C24H30Cl2N2O4/c1-5-20(24(30)27-6-2)28(15-17-9-10-18(25)14-19(17)26)23(29)12-8-16-7-11-21(31-3)22(13-16)32-4/h7,9-11,13-14,20H,5-6,8,12,15H2,1-4H3,(H,27,30). The second kappa shape index (κ2) is 12.6. The van der Waals surface area contributed by atoms with Crippen LogP contribution >= 0.6 is 23.2 Å². The van der Waals surface area contributed by atoms with Crippen LogP contribution in [0.2, 0.25) is 10.0 Å². The minimum atomic E-state index is -0.598. The quantitative estimate of drug-likeness (QED) is 0.497. The van der Waals surface area contributed by atoms with Gasteiger partial charge in [0.1, 0.15) is 6.04 Å². The molecular weight excluding hydrogens is 451 g/mol. The van der Waals surface area contributed by atoms with Crippen LogP contribution in [-0.2, 0) is 22.6 Å². The summed E-state index contributed by atoms with van der Waals surface area (Å²) >= 11 is 12.4. The number of hydrogen-bond acceptors (Lipinski definition) is 4. The molecule has 0 aliphatic heterocycles. The predicted octanol–water partition coefficient (Wildman–Crippen LogP) is 4.89. The summed E-state index contributed by atoms with van der Waals surface area (Å²) in [5.41, 5.74) is 1.67. The summed E-state index contributed by atoms with van der Waals surface area (Å²) in [5.74, 6) is 0.920. The molecule has 0 radical (unpaired) electrons. The molecule has 2 amide bonds. The molecule has 0 aliphatic rings. The summed E-state index contributed by atoms with van der Waals surface area (Å²) in [4.78, 5) is 27.6. The number of carbonyl (C=O) groups excluding carboxylic acids is 2. The lowest BCUT2D eigenvalue weighted by Gasteiger charge is -2.31. The van der Waals surface area contributed by atoms with Crippen LogP contribution in [-0.4, -0.2) is 43.5 Å². The molecule has 174 valence electrons. The molecule has 0 aromatic heterocycles. The van der Waals surface area contributed by atoms with Crippen LogP contribution in [0.1, 0.15) is 37.8 Å². The van der Waals surface area contributed by atoms with E-state index < -0.39 is 6.04 Å². The normalized spacial score (nSPS) is 11.6. The number of benzene rings is 2. The van der Waals surface area contributed by atoms with Crippen LogP contribution in [0.15, 0.2) is 36.4 Å². The van der Waals surface area contributed by atoms with Crippen molar-refractivity contribution < 1.29 is 19.1 Å². The number of likely N-dealkylation sites (N-methyl/N-ethyl adjacent to an activating group) is 1.